The summed E-state index contributed by atoms with van der Waals surface area (Å²) in [6, 6.07) is -0.00818. The number of nitrogens with two attached hydrogens (primary N) is 1. The van der Waals surface area contributed by atoms with Crippen LogP contribution in [0, 0.1) is 0 Å². The summed E-state index contributed by atoms with van der Waals surface area (Å²) >= 11 is 0. The average Bonchev–Trinajstić information content (AvgIpc) is 2.51. The van der Waals surface area contributed by atoms with Crippen LogP contribution in [0.2, 0.25) is 0 Å². The second-order valence-corrected chi connectivity index (χ2v) is 3.87. The normalized spacial score (nSPS) is 23.5. The molecule has 5 heteroatoms. The Morgan fingerprint density at radius 1 is 1.63 bits per heavy atom. The van der Waals surface area contributed by atoms with E-state index in [1.165, 1.54) is 18.3 Å². The van der Waals surface area contributed by atoms with E-state index < -0.39 is 37.2 Å². The fourth-order valence-electron chi connectivity index (χ4n) is 1.67. The van der Waals surface area contributed by atoms with Gasteiger partial charge in [0.15, 0.2) is 0 Å². The lowest BCUT2D eigenvalue weighted by atomic mass is 9.96. The lowest BCUT2D eigenvalue weighted by molar-refractivity contribution is -0.111. The summed E-state index contributed by atoms with van der Waals surface area (Å²) in [6.45, 7) is -3.26. The number of allylic oxidation sites excluding steroid dienone is 1. The maximum atomic E-state index is 11.9. The zero-order valence-corrected chi connectivity index (χ0v) is 10.1. The highest BCUT2D eigenvalue weighted by molar-refractivity contribution is 6.50. The fraction of sp³-hybridized carbons (Fsp3) is 0.357. The van der Waals surface area contributed by atoms with Crippen LogP contribution in [-0.2, 0) is 4.79 Å². The third-order valence-corrected chi connectivity index (χ3v) is 2.51. The number of nitrogens with zero attached hydrogens (tertiary/aromatic N) is 1. The topological polar surface area (TPSA) is 85.1 Å². The Morgan fingerprint density at radius 2 is 2.47 bits per heavy atom. The minimum atomic E-state index is -3.09. The van der Waals surface area contributed by atoms with Crippen LogP contribution in [0.3, 0.4) is 0 Å². The lowest BCUT2D eigenvalue weighted by Crippen LogP contribution is -2.30. The largest absolute Gasteiger partial charge is 0.381 e. The van der Waals surface area contributed by atoms with Gasteiger partial charge in [-0.15, -0.1) is 0 Å². The lowest BCUT2D eigenvalue weighted by Gasteiger charge is -2.20. The van der Waals surface area contributed by atoms with Gasteiger partial charge < -0.3 is 11.1 Å². The van der Waals surface area contributed by atoms with Crippen LogP contribution in [0.15, 0.2) is 24.4 Å². The molecular weight excluding hydrogens is 242 g/mol. The van der Waals surface area contributed by atoms with Crippen molar-refractivity contribution in [3.8, 4) is 0 Å². The second kappa shape index (κ2) is 5.75. The van der Waals surface area contributed by atoms with Crippen LogP contribution >= 0.6 is 0 Å². The molecule has 0 fully saturated rings. The van der Waals surface area contributed by atoms with Crippen molar-refractivity contribution in [3.63, 3.8) is 0 Å². The number of fused-ring (bicyclic) bond motifs is 1. The molecule has 2 rings (SSSR count). The minimum absolute atomic E-state index is 0.00322. The van der Waals surface area contributed by atoms with Gasteiger partial charge >= 0.3 is 0 Å². The van der Waals surface area contributed by atoms with Crippen molar-refractivity contribution in [2.75, 3.05) is 6.54 Å². The first-order valence-corrected chi connectivity index (χ1v) is 5.68. The molecule has 3 N–H and O–H groups in total. The molecule has 0 amide bonds. The molecule has 1 aliphatic carbocycles. The Kier molecular flexibility index (Phi) is 2.29. The van der Waals surface area contributed by atoms with Gasteiger partial charge in [0.25, 0.3) is 0 Å². The van der Waals surface area contributed by atoms with Crippen LogP contribution in [0.25, 0.3) is 5.70 Å². The highest BCUT2D eigenvalue weighted by Crippen LogP contribution is 2.21. The Balaban J connectivity index is 2.55. The predicted octanol–water partition coefficient (Wildman–Crippen LogP) is 0.905. The summed E-state index contributed by atoms with van der Waals surface area (Å²) in [7, 11) is 0. The summed E-state index contributed by atoms with van der Waals surface area (Å²) in [5.74, 6) is -1.71. The summed E-state index contributed by atoms with van der Waals surface area (Å²) < 4.78 is 47.2. The minimum Gasteiger partial charge on any atom is -0.381 e. The van der Waals surface area contributed by atoms with Gasteiger partial charge in [-0.25, -0.2) is 0 Å². The van der Waals surface area contributed by atoms with Crippen molar-refractivity contribution >= 4 is 17.3 Å². The first kappa shape index (κ1) is 7.55. The number of Topliss-reactive ketones (excluding diaryl/α,β-unsaturated/α-hetero) is 1. The van der Waals surface area contributed by atoms with Crippen LogP contribution in [0.1, 0.15) is 43.9 Å². The highest BCUT2D eigenvalue weighted by atomic mass is 16.2. The number of carbonyl (C=O) groups excluding carboxylic acids is 2. The summed E-state index contributed by atoms with van der Waals surface area (Å²) in [5, 5.41) is 2.30. The van der Waals surface area contributed by atoms with Gasteiger partial charge in [-0.3, -0.25) is 14.6 Å². The maximum Gasteiger partial charge on any atom is 0.235 e. The molecular formula is C14H17N3O2. The van der Waals surface area contributed by atoms with Crippen LogP contribution < -0.4 is 11.1 Å². The van der Waals surface area contributed by atoms with E-state index in [9.17, 15) is 9.59 Å². The Morgan fingerprint density at radius 3 is 3.21 bits per heavy atom. The van der Waals surface area contributed by atoms with Crippen LogP contribution in [-0.4, -0.2) is 29.1 Å². The summed E-state index contributed by atoms with van der Waals surface area (Å²) in [5.41, 5.74) is 5.12. The fourth-order valence-corrected chi connectivity index (χ4v) is 1.67. The molecule has 1 aromatic heterocycles. The van der Waals surface area contributed by atoms with E-state index in [1.807, 2.05) is 0 Å². The van der Waals surface area contributed by atoms with Crippen molar-refractivity contribution in [1.82, 2.24) is 10.3 Å². The number of aromatic nitrogens is 1. The van der Waals surface area contributed by atoms with E-state index in [0.29, 0.717) is 0 Å². The van der Waals surface area contributed by atoms with E-state index in [0.717, 1.165) is 6.08 Å². The third-order valence-electron chi connectivity index (χ3n) is 2.51. The molecule has 1 unspecified atom stereocenters. The monoisotopic (exact) mass is 265 g/mol. The molecule has 19 heavy (non-hydrogen) atoms. The number of rotatable bonds is 5. The van der Waals surface area contributed by atoms with Crippen molar-refractivity contribution in [2.45, 2.75) is 25.7 Å². The van der Waals surface area contributed by atoms with Gasteiger partial charge in [0, 0.05) is 25.1 Å². The van der Waals surface area contributed by atoms with Gasteiger partial charge in [0.1, 0.15) is 0 Å². The molecule has 0 saturated heterocycles. The molecule has 5 nitrogen and oxygen atoms in total. The zero-order chi connectivity index (χ0) is 19.0. The van der Waals surface area contributed by atoms with E-state index in [-0.39, 0.29) is 23.5 Å². The molecule has 1 heterocycles. The Labute approximate surface area is 120 Å². The predicted molar refractivity (Wildman–Crippen MR) is 72.4 cm³/mol. The number of carbonyl (C=O) groups is 2. The van der Waals surface area contributed by atoms with Gasteiger partial charge in [-0.2, -0.15) is 0 Å². The van der Waals surface area contributed by atoms with Crippen LogP contribution in [0.5, 0.6) is 0 Å². The van der Waals surface area contributed by atoms with Gasteiger partial charge in [0.2, 0.25) is 11.6 Å². The third kappa shape index (κ3) is 2.88. The van der Waals surface area contributed by atoms with Crippen molar-refractivity contribution in [2.24, 2.45) is 5.73 Å². The average molecular weight is 265 g/mol. The molecule has 0 bridgehead atoms. The molecule has 0 radical (unpaired) electrons. The summed E-state index contributed by atoms with van der Waals surface area (Å²) in [6.07, 6.45) is -0.761. The molecule has 1 aromatic rings. The number of hydrogen-bond acceptors (Lipinski definition) is 5. The SMILES string of the molecule is [2H]C([2H])([2H])C([2H])(NC1=CC(=O)C(=O)c2cccnc21)C([2H])([2H])CCN. The Hall–Kier alpha value is -2.01. The quantitative estimate of drug-likeness (QED) is 0.773. The number of ketones is 2. The number of nitrogens with one attached hydrogen (secondary N) is 1. The standard InChI is InChI=1S/C14H17N3O2/c1-9(4-2-6-15)17-11-8-12(18)14(19)10-5-3-7-16-13(10)11/h3,5,7-9,17H,2,4,6,15H2,1H3/i1D3,4D2,9D. The second-order valence-electron chi connectivity index (χ2n) is 3.87. The highest BCUT2D eigenvalue weighted by Gasteiger charge is 2.26. The Bertz CT molecular complexity index is 746. The molecule has 0 aromatic carbocycles. The molecule has 1 atom stereocenters. The molecule has 100 valence electrons. The first-order chi connectivity index (χ1) is 11.4. The van der Waals surface area contributed by atoms with E-state index in [2.05, 4.69) is 10.3 Å². The van der Waals surface area contributed by atoms with E-state index in [1.54, 1.807) is 0 Å². The van der Waals surface area contributed by atoms with Crippen LogP contribution in [0.4, 0.5) is 0 Å². The molecule has 0 spiro atoms. The zero-order valence-electron chi connectivity index (χ0n) is 16.1. The summed E-state index contributed by atoms with van der Waals surface area (Å²) in [4.78, 5) is 27.7. The van der Waals surface area contributed by atoms with Gasteiger partial charge in [0.05, 0.1) is 18.3 Å². The smallest absolute Gasteiger partial charge is 0.235 e. The van der Waals surface area contributed by atoms with Gasteiger partial charge in [-0.1, -0.05) is 0 Å². The molecule has 1 aliphatic rings. The molecule has 0 aliphatic heterocycles. The van der Waals surface area contributed by atoms with Gasteiger partial charge in [-0.05, 0) is 38.3 Å². The van der Waals surface area contributed by atoms with Crippen molar-refractivity contribution in [1.29, 1.82) is 0 Å². The van der Waals surface area contributed by atoms with Crippen molar-refractivity contribution in [3.05, 3.63) is 35.7 Å². The number of hydrogen-bond donors (Lipinski definition) is 2. The van der Waals surface area contributed by atoms with E-state index in [4.69, 9.17) is 14.0 Å². The van der Waals surface area contributed by atoms with E-state index >= 15 is 0 Å². The first-order valence-electron chi connectivity index (χ1n) is 8.68. The van der Waals surface area contributed by atoms with Crippen molar-refractivity contribution < 1.29 is 17.8 Å². The molecule has 0 saturated carbocycles. The number of pyridine rings is 1. The maximum absolute atomic E-state index is 11.9.